The summed E-state index contributed by atoms with van der Waals surface area (Å²) in [5.41, 5.74) is 1.88. The number of hydrogen-bond acceptors (Lipinski definition) is 1. The van der Waals surface area contributed by atoms with Crippen LogP contribution in [0.5, 0.6) is 0 Å². The van der Waals surface area contributed by atoms with Crippen LogP contribution >= 0.6 is 0 Å². The zero-order chi connectivity index (χ0) is 11.7. The van der Waals surface area contributed by atoms with Gasteiger partial charge in [-0.25, -0.2) is 0 Å². The summed E-state index contributed by atoms with van der Waals surface area (Å²) >= 11 is 0. The third-order valence-electron chi connectivity index (χ3n) is 2.75. The Kier molecular flexibility index (Phi) is 3.22. The molecule has 0 saturated heterocycles. The first-order valence-corrected chi connectivity index (χ1v) is 5.63. The second-order valence-corrected chi connectivity index (χ2v) is 6.45. The van der Waals surface area contributed by atoms with E-state index in [1.807, 2.05) is 18.5 Å². The molecule has 84 valence electrons. The van der Waals surface area contributed by atoms with Crippen LogP contribution in [0.25, 0.3) is 0 Å². The Morgan fingerprint density at radius 1 is 1.00 bits per heavy atom. The molecule has 0 fully saturated rings. The van der Waals surface area contributed by atoms with Crippen molar-refractivity contribution in [2.75, 3.05) is 0 Å². The third kappa shape index (κ3) is 3.05. The van der Waals surface area contributed by atoms with Crippen LogP contribution < -0.4 is 0 Å². The van der Waals surface area contributed by atoms with E-state index < -0.39 is 0 Å². The van der Waals surface area contributed by atoms with Crippen LogP contribution in [-0.2, 0) is 0 Å². The molecule has 0 bridgehead atoms. The lowest BCUT2D eigenvalue weighted by molar-refractivity contribution is 0.176. The third-order valence-corrected chi connectivity index (χ3v) is 2.75. The van der Waals surface area contributed by atoms with Crippen molar-refractivity contribution in [3.8, 4) is 0 Å². The van der Waals surface area contributed by atoms with Crippen molar-refractivity contribution in [2.24, 2.45) is 10.8 Å². The summed E-state index contributed by atoms with van der Waals surface area (Å²) in [6.07, 6.45) is 3.84. The van der Waals surface area contributed by atoms with Gasteiger partial charge in [0.25, 0.3) is 0 Å². The second kappa shape index (κ2) is 3.96. The Hall–Kier alpha value is -0.850. The molecule has 0 radical (unpaired) electrons. The van der Waals surface area contributed by atoms with Gasteiger partial charge in [0, 0.05) is 12.4 Å². The van der Waals surface area contributed by atoms with E-state index in [4.69, 9.17) is 0 Å². The van der Waals surface area contributed by atoms with Gasteiger partial charge in [0.2, 0.25) is 0 Å². The highest BCUT2D eigenvalue weighted by Crippen LogP contribution is 2.46. The Morgan fingerprint density at radius 3 is 1.87 bits per heavy atom. The molecule has 0 spiro atoms. The average molecular weight is 205 g/mol. The van der Waals surface area contributed by atoms with Crippen LogP contribution in [0, 0.1) is 10.8 Å². The highest BCUT2D eigenvalue weighted by molar-refractivity contribution is 5.19. The highest BCUT2D eigenvalue weighted by atomic mass is 14.6. The Bertz CT molecular complexity index is 286. The van der Waals surface area contributed by atoms with Gasteiger partial charge in [-0.15, -0.1) is 0 Å². The predicted molar refractivity (Wildman–Crippen MR) is 65.9 cm³/mol. The maximum absolute atomic E-state index is 4.23. The molecule has 0 aliphatic carbocycles. The first-order valence-electron chi connectivity index (χ1n) is 5.63. The van der Waals surface area contributed by atoms with E-state index in [-0.39, 0.29) is 10.8 Å². The second-order valence-electron chi connectivity index (χ2n) is 6.45. The van der Waals surface area contributed by atoms with E-state index in [1.165, 1.54) is 5.56 Å². The molecule has 1 heterocycles. The van der Waals surface area contributed by atoms with Gasteiger partial charge in [-0.2, -0.15) is 0 Å². The molecule has 15 heavy (non-hydrogen) atoms. The van der Waals surface area contributed by atoms with Crippen LogP contribution in [0.1, 0.15) is 53.0 Å². The average Bonchev–Trinajstić information content (AvgIpc) is 2.00. The molecule has 0 amide bonds. The number of pyridine rings is 1. The van der Waals surface area contributed by atoms with E-state index in [1.54, 1.807) is 0 Å². The van der Waals surface area contributed by atoms with Crippen LogP contribution in [0.3, 0.4) is 0 Å². The van der Waals surface area contributed by atoms with Crippen molar-refractivity contribution in [1.82, 2.24) is 4.98 Å². The summed E-state index contributed by atoms with van der Waals surface area (Å²) in [6, 6.07) is 4.22. The molecular formula is C14H23N. The minimum Gasteiger partial charge on any atom is -0.264 e. The SMILES string of the molecule is CC(C)(C)C(c1cccnc1)C(C)(C)C. The molecule has 0 aliphatic heterocycles. The lowest BCUT2D eigenvalue weighted by Crippen LogP contribution is -2.30. The first kappa shape index (κ1) is 12.2. The molecule has 0 aliphatic rings. The van der Waals surface area contributed by atoms with Crippen molar-refractivity contribution < 1.29 is 0 Å². The molecule has 1 aromatic rings. The van der Waals surface area contributed by atoms with Gasteiger partial charge in [-0.05, 0) is 28.4 Å². The van der Waals surface area contributed by atoms with Crippen LogP contribution in [0.2, 0.25) is 0 Å². The van der Waals surface area contributed by atoms with Crippen molar-refractivity contribution in [3.05, 3.63) is 30.1 Å². The summed E-state index contributed by atoms with van der Waals surface area (Å²) in [4.78, 5) is 4.23. The largest absolute Gasteiger partial charge is 0.264 e. The van der Waals surface area contributed by atoms with Crippen LogP contribution in [-0.4, -0.2) is 4.98 Å². The Labute approximate surface area is 93.9 Å². The topological polar surface area (TPSA) is 12.9 Å². The standard InChI is InChI=1S/C14H23N/c1-13(2,3)12(14(4,5)6)11-8-7-9-15-10-11/h7-10,12H,1-6H3. The van der Waals surface area contributed by atoms with Crippen molar-refractivity contribution >= 4 is 0 Å². The fraction of sp³-hybridized carbons (Fsp3) is 0.643. The molecule has 1 aromatic heterocycles. The van der Waals surface area contributed by atoms with Gasteiger partial charge in [0.1, 0.15) is 0 Å². The summed E-state index contributed by atoms with van der Waals surface area (Å²) < 4.78 is 0. The van der Waals surface area contributed by atoms with Gasteiger partial charge in [-0.3, -0.25) is 4.98 Å². The Morgan fingerprint density at radius 2 is 1.53 bits per heavy atom. The van der Waals surface area contributed by atoms with E-state index >= 15 is 0 Å². The molecular weight excluding hydrogens is 182 g/mol. The van der Waals surface area contributed by atoms with Gasteiger partial charge in [-0.1, -0.05) is 47.6 Å². The summed E-state index contributed by atoms with van der Waals surface area (Å²) in [5, 5.41) is 0. The minimum absolute atomic E-state index is 0.265. The van der Waals surface area contributed by atoms with Crippen LogP contribution in [0.4, 0.5) is 0 Å². The van der Waals surface area contributed by atoms with Crippen LogP contribution in [0.15, 0.2) is 24.5 Å². The quantitative estimate of drug-likeness (QED) is 0.667. The summed E-state index contributed by atoms with van der Waals surface area (Å²) in [7, 11) is 0. The van der Waals surface area contributed by atoms with E-state index in [0.717, 1.165) is 0 Å². The monoisotopic (exact) mass is 205 g/mol. The smallest absolute Gasteiger partial charge is 0.0303 e. The maximum atomic E-state index is 4.23. The van der Waals surface area contributed by atoms with E-state index in [9.17, 15) is 0 Å². The fourth-order valence-corrected chi connectivity index (χ4v) is 2.85. The number of nitrogens with zero attached hydrogens (tertiary/aromatic N) is 1. The van der Waals surface area contributed by atoms with Crippen molar-refractivity contribution in [2.45, 2.75) is 47.5 Å². The van der Waals surface area contributed by atoms with Gasteiger partial charge in [0.05, 0.1) is 0 Å². The Balaban J connectivity index is 3.15. The maximum Gasteiger partial charge on any atom is 0.0303 e. The molecule has 0 atom stereocenters. The molecule has 0 N–H and O–H groups in total. The lowest BCUT2D eigenvalue weighted by Gasteiger charge is -2.41. The van der Waals surface area contributed by atoms with Gasteiger partial charge >= 0.3 is 0 Å². The first-order chi connectivity index (χ1) is 6.73. The van der Waals surface area contributed by atoms with Crippen molar-refractivity contribution in [3.63, 3.8) is 0 Å². The zero-order valence-electron chi connectivity index (χ0n) is 10.8. The number of rotatable bonds is 1. The molecule has 0 unspecified atom stereocenters. The van der Waals surface area contributed by atoms with Crippen molar-refractivity contribution in [1.29, 1.82) is 0 Å². The van der Waals surface area contributed by atoms with E-state index in [0.29, 0.717) is 5.92 Å². The lowest BCUT2D eigenvalue weighted by atomic mass is 9.64. The predicted octanol–water partition coefficient (Wildman–Crippen LogP) is 4.26. The summed E-state index contributed by atoms with van der Waals surface area (Å²) in [5.74, 6) is 0.527. The minimum atomic E-state index is 0.265. The molecule has 0 saturated carbocycles. The summed E-state index contributed by atoms with van der Waals surface area (Å²) in [6.45, 7) is 13.8. The van der Waals surface area contributed by atoms with Gasteiger partial charge < -0.3 is 0 Å². The number of hydrogen-bond donors (Lipinski definition) is 0. The molecule has 1 rings (SSSR count). The molecule has 0 aromatic carbocycles. The van der Waals surface area contributed by atoms with E-state index in [2.05, 4.69) is 52.6 Å². The normalized spacial score (nSPS) is 13.3. The zero-order valence-corrected chi connectivity index (χ0v) is 10.8. The molecule has 1 nitrogen and oxygen atoms in total. The van der Waals surface area contributed by atoms with Gasteiger partial charge in [0.15, 0.2) is 0 Å². The number of aromatic nitrogens is 1. The molecule has 1 heteroatoms. The highest BCUT2D eigenvalue weighted by Gasteiger charge is 2.35. The fourth-order valence-electron chi connectivity index (χ4n) is 2.85.